The number of benzene rings is 1. The maximum atomic E-state index is 12.9. The van der Waals surface area contributed by atoms with Gasteiger partial charge in [0.25, 0.3) is 5.52 Å². The van der Waals surface area contributed by atoms with Gasteiger partial charge in [-0.2, -0.15) is 4.73 Å². The fraction of sp³-hybridized carbons (Fsp3) is 0.188. The van der Waals surface area contributed by atoms with Crippen molar-refractivity contribution in [3.63, 3.8) is 0 Å². The summed E-state index contributed by atoms with van der Waals surface area (Å²) in [5.41, 5.74) is 6.43. The minimum Gasteiger partial charge on any atom is -0.710 e. The van der Waals surface area contributed by atoms with Crippen molar-refractivity contribution in [2.75, 3.05) is 12.8 Å². The lowest BCUT2D eigenvalue weighted by atomic mass is 10.1. The fourth-order valence-electron chi connectivity index (χ4n) is 2.82. The number of anilines is 1. The molecule has 2 atom stereocenters. The van der Waals surface area contributed by atoms with Gasteiger partial charge >= 0.3 is 11.5 Å². The number of nitrogen functional groups attached to an aromatic ring is 1. The van der Waals surface area contributed by atoms with Crippen molar-refractivity contribution < 1.29 is 14.2 Å². The van der Waals surface area contributed by atoms with E-state index < -0.39 is 0 Å². The number of fused-ring (bicyclic) bond motifs is 2. The number of thioether (sulfide) groups is 1. The van der Waals surface area contributed by atoms with Gasteiger partial charge in [-0.15, -0.1) is 0 Å². The molecule has 0 fully saturated rings. The molecule has 0 spiro atoms. The Morgan fingerprint density at radius 3 is 2.71 bits per heavy atom. The number of hydrogen-bond acceptors (Lipinski definition) is 6. The Hall–Kier alpha value is -2.74. The normalized spacial score (nSPS) is 21.8. The minimum atomic E-state index is -0.152. The summed E-state index contributed by atoms with van der Waals surface area (Å²) < 4.78 is 6.37. The highest BCUT2D eigenvalue weighted by Gasteiger charge is 2.37. The van der Waals surface area contributed by atoms with Gasteiger partial charge in [0.15, 0.2) is 5.04 Å². The molecule has 0 amide bonds. The van der Waals surface area contributed by atoms with Crippen molar-refractivity contribution in [1.82, 2.24) is 0 Å². The second kappa shape index (κ2) is 5.41. The van der Waals surface area contributed by atoms with Crippen molar-refractivity contribution in [3.8, 4) is 5.75 Å². The highest BCUT2D eigenvalue weighted by atomic mass is 32.2. The molecule has 0 unspecified atom stereocenters. The molecular formula is C16H14N4O3S. The summed E-state index contributed by atoms with van der Waals surface area (Å²) >= 11 is 1.43. The third kappa shape index (κ3) is 2.10. The van der Waals surface area contributed by atoms with E-state index in [4.69, 9.17) is 10.5 Å². The molecule has 1 aromatic heterocycles. The van der Waals surface area contributed by atoms with Crippen molar-refractivity contribution in [3.05, 3.63) is 58.6 Å². The van der Waals surface area contributed by atoms with Gasteiger partial charge < -0.3 is 15.2 Å². The number of ether oxygens (including phenoxy) is 1. The van der Waals surface area contributed by atoms with Crippen LogP contribution in [0.4, 0.5) is 5.82 Å². The molecule has 0 saturated carbocycles. The maximum Gasteiger partial charge on any atom is 0.353 e. The van der Waals surface area contributed by atoms with Crippen LogP contribution in [0, 0.1) is 10.4 Å². The third-order valence-corrected chi connectivity index (χ3v) is 5.29. The lowest BCUT2D eigenvalue weighted by Gasteiger charge is -2.14. The molecule has 122 valence electrons. The second-order valence-electron chi connectivity index (χ2n) is 5.45. The summed E-state index contributed by atoms with van der Waals surface area (Å²) in [4.78, 5) is 4.55. The van der Waals surface area contributed by atoms with Crippen LogP contribution < -0.4 is 19.9 Å². The van der Waals surface area contributed by atoms with Crippen LogP contribution in [0.15, 0.2) is 47.5 Å². The zero-order valence-electron chi connectivity index (χ0n) is 12.7. The lowest BCUT2D eigenvalue weighted by molar-refractivity contribution is -0.619. The number of nitrogens with two attached hydrogens (primary N) is 1. The second-order valence-corrected chi connectivity index (χ2v) is 6.62. The zero-order valence-corrected chi connectivity index (χ0v) is 13.6. The standard InChI is InChI=1S/C16H14N4O3S/c1-23-9-6-7-11-12(8-9)19(21)14(15(17)20(11)22)16-18-10-4-2-3-5-13(10)24-16/h2-8,10,13H,17H2,1H3/t10-,13+/m0/s1. The third-order valence-electron chi connectivity index (χ3n) is 4.06. The highest BCUT2D eigenvalue weighted by Crippen LogP contribution is 2.34. The predicted octanol–water partition coefficient (Wildman–Crippen LogP) is 1.05. The molecule has 2 heterocycles. The topological polar surface area (TPSA) is 101 Å². The first kappa shape index (κ1) is 14.8. The minimum absolute atomic E-state index is 0.0458. The molecule has 0 saturated heterocycles. The van der Waals surface area contributed by atoms with E-state index in [1.165, 1.54) is 31.0 Å². The molecule has 1 aliphatic carbocycles. The molecule has 24 heavy (non-hydrogen) atoms. The van der Waals surface area contributed by atoms with Crippen LogP contribution in [0.1, 0.15) is 5.69 Å². The number of hydrogen-bond donors (Lipinski definition) is 1. The van der Waals surface area contributed by atoms with Crippen molar-refractivity contribution in [1.29, 1.82) is 0 Å². The van der Waals surface area contributed by atoms with Crippen molar-refractivity contribution in [2.24, 2.45) is 4.99 Å². The molecule has 2 N–H and O–H groups in total. The van der Waals surface area contributed by atoms with Gasteiger partial charge in [0.1, 0.15) is 5.75 Å². The first-order valence-corrected chi connectivity index (χ1v) is 8.20. The van der Waals surface area contributed by atoms with E-state index in [9.17, 15) is 10.4 Å². The molecule has 0 bridgehead atoms. The number of aromatic nitrogens is 2. The van der Waals surface area contributed by atoms with Gasteiger partial charge in [-0.25, -0.2) is 4.73 Å². The van der Waals surface area contributed by atoms with Crippen LogP contribution in [0.3, 0.4) is 0 Å². The van der Waals surface area contributed by atoms with Crippen LogP contribution in [0.2, 0.25) is 0 Å². The van der Waals surface area contributed by atoms with E-state index in [-0.39, 0.29) is 33.8 Å². The molecule has 2 aliphatic rings. The summed E-state index contributed by atoms with van der Waals surface area (Å²) in [5.74, 6) is 0.337. The van der Waals surface area contributed by atoms with E-state index in [2.05, 4.69) is 4.99 Å². The predicted molar refractivity (Wildman–Crippen MR) is 92.8 cm³/mol. The van der Waals surface area contributed by atoms with Crippen LogP contribution in [0.25, 0.3) is 11.0 Å². The molecule has 7 nitrogen and oxygen atoms in total. The van der Waals surface area contributed by atoms with Crippen molar-refractivity contribution in [2.45, 2.75) is 11.3 Å². The lowest BCUT2D eigenvalue weighted by Crippen LogP contribution is -2.45. The SMILES string of the molecule is COc1ccc2c(c1)[n+]([O-])c(C1=N[C@H]3C=CC=C[C@H]3S1)c(N)[n+]2[O-]. The van der Waals surface area contributed by atoms with E-state index in [0.29, 0.717) is 20.3 Å². The molecule has 2 aromatic rings. The number of methoxy groups -OCH3 is 1. The van der Waals surface area contributed by atoms with E-state index >= 15 is 0 Å². The fourth-order valence-corrected chi connectivity index (χ4v) is 4.02. The molecule has 1 aliphatic heterocycles. The van der Waals surface area contributed by atoms with Crippen LogP contribution in [0.5, 0.6) is 5.75 Å². The number of aliphatic imine (C=N–C) groups is 1. The maximum absolute atomic E-state index is 12.9. The molecular weight excluding hydrogens is 328 g/mol. The molecule has 1 aromatic carbocycles. The monoisotopic (exact) mass is 342 g/mol. The van der Waals surface area contributed by atoms with Gasteiger partial charge in [-0.1, -0.05) is 36.1 Å². The quantitative estimate of drug-likeness (QED) is 0.649. The Bertz CT molecular complexity index is 939. The summed E-state index contributed by atoms with van der Waals surface area (Å²) in [5, 5.41) is 25.9. The molecule has 4 rings (SSSR count). The molecule has 8 heteroatoms. The smallest absolute Gasteiger partial charge is 0.353 e. The van der Waals surface area contributed by atoms with Gasteiger partial charge in [0.2, 0.25) is 5.52 Å². The summed E-state index contributed by atoms with van der Waals surface area (Å²) in [6.07, 6.45) is 7.85. The van der Waals surface area contributed by atoms with E-state index in [1.807, 2.05) is 24.3 Å². The van der Waals surface area contributed by atoms with Gasteiger partial charge in [0, 0.05) is 0 Å². The first-order valence-electron chi connectivity index (χ1n) is 7.32. The Labute approximate surface area is 141 Å². The number of nitrogens with zero attached hydrogens (tertiary/aromatic N) is 3. The summed E-state index contributed by atoms with van der Waals surface area (Å²) in [6.45, 7) is 0. The largest absolute Gasteiger partial charge is 0.710 e. The van der Waals surface area contributed by atoms with Crippen LogP contribution in [-0.2, 0) is 0 Å². The summed E-state index contributed by atoms with van der Waals surface area (Å²) in [7, 11) is 1.50. The summed E-state index contributed by atoms with van der Waals surface area (Å²) in [6, 6.07) is 4.61. The first-order chi connectivity index (χ1) is 11.6. The highest BCUT2D eigenvalue weighted by molar-refractivity contribution is 8.15. The van der Waals surface area contributed by atoms with Gasteiger partial charge in [-0.05, 0) is 12.1 Å². The van der Waals surface area contributed by atoms with Crippen molar-refractivity contribution >= 4 is 33.7 Å². The number of rotatable bonds is 2. The van der Waals surface area contributed by atoms with E-state index in [1.54, 1.807) is 6.07 Å². The molecule has 0 radical (unpaired) electrons. The Morgan fingerprint density at radius 2 is 1.96 bits per heavy atom. The van der Waals surface area contributed by atoms with E-state index in [0.717, 1.165) is 0 Å². The number of allylic oxidation sites excluding steroid dienone is 2. The van der Waals surface area contributed by atoms with Crippen LogP contribution in [-0.4, -0.2) is 23.4 Å². The Balaban J connectivity index is 1.92. The zero-order chi connectivity index (χ0) is 16.8. The van der Waals surface area contributed by atoms with Crippen LogP contribution >= 0.6 is 11.8 Å². The Kier molecular flexibility index (Phi) is 3.34. The average molecular weight is 342 g/mol. The average Bonchev–Trinajstić information content (AvgIpc) is 3.03. The Morgan fingerprint density at radius 1 is 1.17 bits per heavy atom. The van der Waals surface area contributed by atoms with Gasteiger partial charge in [0.05, 0.1) is 24.5 Å². The van der Waals surface area contributed by atoms with Gasteiger partial charge in [-0.3, -0.25) is 10.7 Å².